The fourth-order valence-electron chi connectivity index (χ4n) is 2.65. The van der Waals surface area contributed by atoms with Crippen LogP contribution in [0, 0.1) is 0 Å². The predicted molar refractivity (Wildman–Crippen MR) is 93.1 cm³/mol. The molecule has 1 atom stereocenters. The van der Waals surface area contributed by atoms with Gasteiger partial charge in [0.25, 0.3) is 0 Å². The molecule has 0 aromatic heterocycles. The Morgan fingerprint density at radius 3 is 1.64 bits per heavy atom. The van der Waals surface area contributed by atoms with Gasteiger partial charge in [0, 0.05) is 6.08 Å². The Kier molecular flexibility index (Phi) is 15.9. The molecule has 0 spiro atoms. The molecule has 0 fully saturated rings. The molecule has 3 nitrogen and oxygen atoms in total. The molecule has 0 aliphatic heterocycles. The Balaban J connectivity index is 3.04. The Morgan fingerprint density at radius 2 is 1.23 bits per heavy atom. The summed E-state index contributed by atoms with van der Waals surface area (Å²) in [4.78, 5) is 10.3. The van der Waals surface area contributed by atoms with Crippen molar-refractivity contribution in [3.63, 3.8) is 0 Å². The molecule has 0 aliphatic carbocycles. The van der Waals surface area contributed by atoms with E-state index in [2.05, 4.69) is 0 Å². The summed E-state index contributed by atoms with van der Waals surface area (Å²) in [5.41, 5.74) is 0. The summed E-state index contributed by atoms with van der Waals surface area (Å²) >= 11 is 0. The van der Waals surface area contributed by atoms with Gasteiger partial charge in [-0.3, -0.25) is 0 Å². The number of carboxylic acids is 1. The predicted octanol–water partition coefficient (Wildman–Crippen LogP) is 5.47. The maximum absolute atomic E-state index is 10.3. The largest absolute Gasteiger partial charge is 0.478 e. The molecule has 3 heteroatoms. The minimum absolute atomic E-state index is 0.131. The molecule has 0 aliphatic rings. The molecule has 22 heavy (non-hydrogen) atoms. The second-order valence-corrected chi connectivity index (χ2v) is 6.41. The summed E-state index contributed by atoms with van der Waals surface area (Å²) in [6, 6.07) is 0. The molecule has 0 heterocycles. The van der Waals surface area contributed by atoms with Crippen LogP contribution in [0.25, 0.3) is 0 Å². The number of aliphatic hydroxyl groups excluding tert-OH is 1. The van der Waals surface area contributed by atoms with Gasteiger partial charge in [-0.05, 0) is 26.2 Å². The third kappa shape index (κ3) is 19.2. The van der Waals surface area contributed by atoms with Crippen molar-refractivity contribution >= 4 is 5.97 Å². The average Bonchev–Trinajstić information content (AvgIpc) is 2.46. The fourth-order valence-corrected chi connectivity index (χ4v) is 2.65. The monoisotopic (exact) mass is 312 g/mol. The second-order valence-electron chi connectivity index (χ2n) is 6.41. The van der Waals surface area contributed by atoms with Gasteiger partial charge in [0.1, 0.15) is 0 Å². The lowest BCUT2D eigenvalue weighted by Gasteiger charge is -2.04. The Hall–Kier alpha value is -0.830. The number of hydrogen-bond acceptors (Lipinski definition) is 2. The van der Waals surface area contributed by atoms with Crippen LogP contribution in [0.5, 0.6) is 0 Å². The van der Waals surface area contributed by atoms with Crippen LogP contribution in [0.4, 0.5) is 0 Å². The molecule has 0 rings (SSSR count). The average molecular weight is 312 g/mol. The lowest BCUT2D eigenvalue weighted by molar-refractivity contribution is -0.131. The maximum Gasteiger partial charge on any atom is 0.327 e. The molecule has 130 valence electrons. The highest BCUT2D eigenvalue weighted by molar-refractivity contribution is 5.79. The smallest absolute Gasteiger partial charge is 0.327 e. The Bertz CT molecular complexity index is 272. The van der Waals surface area contributed by atoms with Crippen molar-refractivity contribution in [3.8, 4) is 0 Å². The van der Waals surface area contributed by atoms with Gasteiger partial charge in [0.15, 0.2) is 0 Å². The van der Waals surface area contributed by atoms with E-state index >= 15 is 0 Å². The maximum atomic E-state index is 10.3. The summed E-state index contributed by atoms with van der Waals surface area (Å²) in [6.07, 6.45) is 20.1. The van der Waals surface area contributed by atoms with Gasteiger partial charge in [-0.25, -0.2) is 4.79 Å². The summed E-state index contributed by atoms with van der Waals surface area (Å²) in [5, 5.41) is 17.6. The van der Waals surface area contributed by atoms with E-state index < -0.39 is 5.97 Å². The topological polar surface area (TPSA) is 57.5 Å². The highest BCUT2D eigenvalue weighted by Crippen LogP contribution is 2.13. The van der Waals surface area contributed by atoms with Crippen LogP contribution >= 0.6 is 0 Å². The number of aliphatic carboxylic acids is 1. The summed E-state index contributed by atoms with van der Waals surface area (Å²) in [6.45, 7) is 1.87. The number of carbonyl (C=O) groups is 1. The number of allylic oxidation sites excluding steroid dienone is 1. The molecule has 0 aromatic carbocycles. The minimum Gasteiger partial charge on any atom is -0.478 e. The first kappa shape index (κ1) is 21.2. The minimum atomic E-state index is -0.844. The van der Waals surface area contributed by atoms with Gasteiger partial charge in [0.2, 0.25) is 0 Å². The molecule has 0 amide bonds. The number of hydrogen-bond donors (Lipinski definition) is 2. The van der Waals surface area contributed by atoms with Crippen LogP contribution in [0.1, 0.15) is 96.8 Å². The molecule has 0 radical (unpaired) electrons. The van der Waals surface area contributed by atoms with Crippen molar-refractivity contribution in [2.45, 2.75) is 103 Å². The van der Waals surface area contributed by atoms with Crippen molar-refractivity contribution in [3.05, 3.63) is 12.2 Å². The number of unbranched alkanes of at least 4 members (excludes halogenated alkanes) is 12. The molecule has 2 N–H and O–H groups in total. The third-order valence-corrected chi connectivity index (χ3v) is 4.00. The van der Waals surface area contributed by atoms with Gasteiger partial charge in [-0.15, -0.1) is 0 Å². The second kappa shape index (κ2) is 16.5. The lowest BCUT2D eigenvalue weighted by Crippen LogP contribution is -1.98. The van der Waals surface area contributed by atoms with Crippen LogP contribution in [0.2, 0.25) is 0 Å². The van der Waals surface area contributed by atoms with E-state index in [9.17, 15) is 4.79 Å². The van der Waals surface area contributed by atoms with Crippen LogP contribution in [-0.4, -0.2) is 22.3 Å². The molecular formula is C19H36O3. The van der Waals surface area contributed by atoms with E-state index in [1.54, 1.807) is 6.08 Å². The zero-order valence-electron chi connectivity index (χ0n) is 14.4. The summed E-state index contributed by atoms with van der Waals surface area (Å²) < 4.78 is 0. The van der Waals surface area contributed by atoms with Crippen LogP contribution in [-0.2, 0) is 4.79 Å². The zero-order valence-corrected chi connectivity index (χ0v) is 14.4. The highest BCUT2D eigenvalue weighted by atomic mass is 16.4. The number of aliphatic hydroxyl groups is 1. The standard InChI is InChI=1S/C19H36O3/c1-18(20)16-14-12-10-8-6-4-2-3-5-7-9-11-13-15-17-19(21)22/h15,17-18,20H,2-14,16H2,1H3,(H,21,22)/b17-15+/t18-/m1/s1. The summed E-state index contributed by atoms with van der Waals surface area (Å²) in [5.74, 6) is -0.844. The van der Waals surface area contributed by atoms with E-state index in [-0.39, 0.29) is 6.10 Å². The normalized spacial score (nSPS) is 12.8. The van der Waals surface area contributed by atoms with E-state index in [0.717, 1.165) is 19.3 Å². The number of rotatable bonds is 16. The van der Waals surface area contributed by atoms with Crippen molar-refractivity contribution in [2.24, 2.45) is 0 Å². The van der Waals surface area contributed by atoms with Crippen molar-refractivity contribution in [1.29, 1.82) is 0 Å². The van der Waals surface area contributed by atoms with Gasteiger partial charge in [-0.2, -0.15) is 0 Å². The van der Waals surface area contributed by atoms with E-state index in [1.165, 1.54) is 76.7 Å². The lowest BCUT2D eigenvalue weighted by atomic mass is 10.0. The van der Waals surface area contributed by atoms with E-state index in [4.69, 9.17) is 10.2 Å². The molecule has 0 saturated carbocycles. The Morgan fingerprint density at radius 1 is 0.818 bits per heavy atom. The quantitative estimate of drug-likeness (QED) is 0.293. The van der Waals surface area contributed by atoms with Crippen molar-refractivity contribution in [2.75, 3.05) is 0 Å². The van der Waals surface area contributed by atoms with Gasteiger partial charge in [-0.1, -0.05) is 76.7 Å². The van der Waals surface area contributed by atoms with Gasteiger partial charge in [0.05, 0.1) is 6.10 Å². The molecule has 0 saturated heterocycles. The zero-order chi connectivity index (χ0) is 16.5. The highest BCUT2D eigenvalue weighted by Gasteiger charge is 1.96. The first-order valence-corrected chi connectivity index (χ1v) is 9.20. The van der Waals surface area contributed by atoms with Gasteiger partial charge < -0.3 is 10.2 Å². The third-order valence-electron chi connectivity index (χ3n) is 4.00. The first-order chi connectivity index (χ1) is 10.6. The SMILES string of the molecule is C[C@@H](O)CCCCCCCCCCCCCC/C=C/C(=O)O. The van der Waals surface area contributed by atoms with Crippen molar-refractivity contribution < 1.29 is 15.0 Å². The Labute approximate surface area is 136 Å². The van der Waals surface area contributed by atoms with Crippen molar-refractivity contribution in [1.82, 2.24) is 0 Å². The molecular weight excluding hydrogens is 276 g/mol. The summed E-state index contributed by atoms with van der Waals surface area (Å²) in [7, 11) is 0. The van der Waals surface area contributed by atoms with Crippen LogP contribution < -0.4 is 0 Å². The van der Waals surface area contributed by atoms with Crippen LogP contribution in [0.3, 0.4) is 0 Å². The van der Waals surface area contributed by atoms with Gasteiger partial charge >= 0.3 is 5.97 Å². The van der Waals surface area contributed by atoms with E-state index in [1.807, 2.05) is 6.92 Å². The number of carboxylic acid groups (broad SMARTS) is 1. The molecule has 0 bridgehead atoms. The van der Waals surface area contributed by atoms with E-state index in [0.29, 0.717) is 0 Å². The fraction of sp³-hybridized carbons (Fsp3) is 0.842. The molecule has 0 aromatic rings. The van der Waals surface area contributed by atoms with Crippen LogP contribution in [0.15, 0.2) is 12.2 Å². The first-order valence-electron chi connectivity index (χ1n) is 9.20. The molecule has 0 unspecified atom stereocenters.